The third-order valence-corrected chi connectivity index (χ3v) is 2.23. The Kier molecular flexibility index (Phi) is 3.83. The topological polar surface area (TPSA) is 47.3 Å². The number of hydrogen-bond acceptors (Lipinski definition) is 3. The molecule has 0 atom stereocenters. The summed E-state index contributed by atoms with van der Waals surface area (Å²) in [4.78, 5) is 0. The van der Waals surface area contributed by atoms with E-state index in [0.29, 0.717) is 17.3 Å². The van der Waals surface area contributed by atoms with E-state index in [-0.39, 0.29) is 5.54 Å². The Morgan fingerprint density at radius 3 is 2.67 bits per heavy atom. The lowest BCUT2D eigenvalue weighted by Gasteiger charge is -2.27. The second kappa shape index (κ2) is 4.73. The van der Waals surface area contributed by atoms with E-state index in [1.807, 2.05) is 26.0 Å². The highest BCUT2D eigenvalue weighted by Crippen LogP contribution is 2.25. The molecule has 0 fully saturated rings. The Labute approximate surface area is 95.6 Å². The van der Waals surface area contributed by atoms with Crippen molar-refractivity contribution >= 4 is 23.0 Å². The minimum Gasteiger partial charge on any atom is -0.397 e. The first-order valence-electron chi connectivity index (χ1n) is 4.77. The monoisotopic (exact) mass is 228 g/mol. The van der Waals surface area contributed by atoms with Gasteiger partial charge in [-0.05, 0) is 32.0 Å². The van der Waals surface area contributed by atoms with E-state index in [1.54, 1.807) is 13.2 Å². The lowest BCUT2D eigenvalue weighted by Crippen LogP contribution is -2.36. The summed E-state index contributed by atoms with van der Waals surface area (Å²) in [7, 11) is 1.68. The van der Waals surface area contributed by atoms with E-state index in [4.69, 9.17) is 22.1 Å². The molecule has 0 aromatic heterocycles. The lowest BCUT2D eigenvalue weighted by molar-refractivity contribution is 0.158. The third kappa shape index (κ3) is 3.61. The maximum atomic E-state index is 5.84. The van der Waals surface area contributed by atoms with Crippen molar-refractivity contribution in [1.82, 2.24) is 0 Å². The summed E-state index contributed by atoms with van der Waals surface area (Å²) in [6.45, 7) is 4.70. The normalized spacial score (nSPS) is 11.5. The van der Waals surface area contributed by atoms with Crippen molar-refractivity contribution in [3.63, 3.8) is 0 Å². The SMILES string of the molecule is COCC(C)(C)Nc1ccc(Cl)cc1N. The molecular formula is C11H17ClN2O. The molecule has 0 saturated carbocycles. The average molecular weight is 229 g/mol. The average Bonchev–Trinajstić information content (AvgIpc) is 2.09. The third-order valence-electron chi connectivity index (χ3n) is 1.99. The van der Waals surface area contributed by atoms with Gasteiger partial charge < -0.3 is 15.8 Å². The second-order valence-electron chi connectivity index (χ2n) is 4.17. The molecule has 4 heteroatoms. The fourth-order valence-electron chi connectivity index (χ4n) is 1.41. The van der Waals surface area contributed by atoms with Crippen molar-refractivity contribution in [2.75, 3.05) is 24.8 Å². The van der Waals surface area contributed by atoms with E-state index < -0.39 is 0 Å². The number of nitrogens with one attached hydrogen (secondary N) is 1. The van der Waals surface area contributed by atoms with Gasteiger partial charge in [-0.1, -0.05) is 11.6 Å². The predicted molar refractivity (Wildman–Crippen MR) is 65.4 cm³/mol. The van der Waals surface area contributed by atoms with Crippen LogP contribution in [0.4, 0.5) is 11.4 Å². The summed E-state index contributed by atoms with van der Waals surface area (Å²) in [6, 6.07) is 5.41. The van der Waals surface area contributed by atoms with Gasteiger partial charge in [0, 0.05) is 12.1 Å². The van der Waals surface area contributed by atoms with Gasteiger partial charge >= 0.3 is 0 Å². The summed E-state index contributed by atoms with van der Waals surface area (Å²) < 4.78 is 5.11. The second-order valence-corrected chi connectivity index (χ2v) is 4.61. The zero-order chi connectivity index (χ0) is 11.5. The molecule has 0 amide bonds. The standard InChI is InChI=1S/C11H17ClN2O/c1-11(2,7-15-3)14-10-5-4-8(12)6-9(10)13/h4-6,14H,7,13H2,1-3H3. The van der Waals surface area contributed by atoms with Crippen LogP contribution >= 0.6 is 11.6 Å². The molecule has 0 radical (unpaired) electrons. The molecule has 1 rings (SSSR count). The van der Waals surface area contributed by atoms with E-state index >= 15 is 0 Å². The highest BCUT2D eigenvalue weighted by Gasteiger charge is 2.17. The molecule has 0 unspecified atom stereocenters. The largest absolute Gasteiger partial charge is 0.397 e. The van der Waals surface area contributed by atoms with Crippen LogP contribution in [0.15, 0.2) is 18.2 Å². The maximum absolute atomic E-state index is 5.84. The lowest BCUT2D eigenvalue weighted by atomic mass is 10.1. The Balaban J connectivity index is 2.80. The van der Waals surface area contributed by atoms with Crippen molar-refractivity contribution in [1.29, 1.82) is 0 Å². The zero-order valence-electron chi connectivity index (χ0n) is 9.30. The maximum Gasteiger partial charge on any atom is 0.0687 e. The number of nitrogens with two attached hydrogens (primary N) is 1. The zero-order valence-corrected chi connectivity index (χ0v) is 10.1. The van der Waals surface area contributed by atoms with Crippen LogP contribution in [0.2, 0.25) is 5.02 Å². The quantitative estimate of drug-likeness (QED) is 0.780. The number of benzene rings is 1. The molecular weight excluding hydrogens is 212 g/mol. The Morgan fingerprint density at radius 1 is 1.47 bits per heavy atom. The molecule has 1 aromatic rings. The minimum absolute atomic E-state index is 0.156. The summed E-state index contributed by atoms with van der Waals surface area (Å²) in [5.74, 6) is 0. The van der Waals surface area contributed by atoms with Gasteiger partial charge in [-0.25, -0.2) is 0 Å². The molecule has 84 valence electrons. The molecule has 0 spiro atoms. The minimum atomic E-state index is -0.156. The highest BCUT2D eigenvalue weighted by atomic mass is 35.5. The van der Waals surface area contributed by atoms with Crippen molar-refractivity contribution in [3.8, 4) is 0 Å². The van der Waals surface area contributed by atoms with E-state index in [9.17, 15) is 0 Å². The van der Waals surface area contributed by atoms with Gasteiger partial charge in [0.15, 0.2) is 0 Å². The molecule has 0 saturated heterocycles. The van der Waals surface area contributed by atoms with Gasteiger partial charge in [-0.2, -0.15) is 0 Å². The molecule has 3 N–H and O–H groups in total. The number of ether oxygens (including phenoxy) is 1. The highest BCUT2D eigenvalue weighted by molar-refractivity contribution is 6.31. The van der Waals surface area contributed by atoms with Crippen LogP contribution in [0.1, 0.15) is 13.8 Å². The smallest absolute Gasteiger partial charge is 0.0687 e. The first kappa shape index (κ1) is 12.1. The summed E-state index contributed by atoms with van der Waals surface area (Å²) in [6.07, 6.45) is 0. The van der Waals surface area contributed by atoms with E-state index in [0.717, 1.165) is 5.69 Å². The van der Waals surface area contributed by atoms with Gasteiger partial charge in [0.1, 0.15) is 0 Å². The number of nitrogen functional groups attached to an aromatic ring is 1. The van der Waals surface area contributed by atoms with Gasteiger partial charge in [0.2, 0.25) is 0 Å². The first-order valence-corrected chi connectivity index (χ1v) is 5.14. The number of anilines is 2. The number of methoxy groups -OCH3 is 1. The van der Waals surface area contributed by atoms with Crippen molar-refractivity contribution in [2.45, 2.75) is 19.4 Å². The molecule has 0 aliphatic heterocycles. The van der Waals surface area contributed by atoms with E-state index in [2.05, 4.69) is 5.32 Å². The van der Waals surface area contributed by atoms with Crippen molar-refractivity contribution in [3.05, 3.63) is 23.2 Å². The Bertz CT molecular complexity index is 339. The Hall–Kier alpha value is -0.930. The van der Waals surface area contributed by atoms with Crippen LogP contribution in [0.25, 0.3) is 0 Å². The molecule has 0 heterocycles. The molecule has 0 bridgehead atoms. The number of hydrogen-bond donors (Lipinski definition) is 2. The Morgan fingerprint density at radius 2 is 2.13 bits per heavy atom. The predicted octanol–water partition coefficient (Wildman–Crippen LogP) is 2.76. The van der Waals surface area contributed by atoms with Crippen LogP contribution in [-0.2, 0) is 4.74 Å². The van der Waals surface area contributed by atoms with Crippen molar-refractivity contribution < 1.29 is 4.74 Å². The van der Waals surface area contributed by atoms with Gasteiger partial charge in [0.25, 0.3) is 0 Å². The van der Waals surface area contributed by atoms with Crippen LogP contribution in [-0.4, -0.2) is 19.3 Å². The summed E-state index contributed by atoms with van der Waals surface area (Å²) >= 11 is 5.82. The molecule has 3 nitrogen and oxygen atoms in total. The molecule has 1 aromatic carbocycles. The van der Waals surface area contributed by atoms with Crippen LogP contribution in [0.3, 0.4) is 0 Å². The molecule has 0 aliphatic rings. The van der Waals surface area contributed by atoms with Gasteiger partial charge in [-0.3, -0.25) is 0 Å². The summed E-state index contributed by atoms with van der Waals surface area (Å²) in [5.41, 5.74) is 7.20. The summed E-state index contributed by atoms with van der Waals surface area (Å²) in [5, 5.41) is 3.95. The first-order chi connectivity index (χ1) is 6.94. The molecule has 15 heavy (non-hydrogen) atoms. The fraction of sp³-hybridized carbons (Fsp3) is 0.455. The van der Waals surface area contributed by atoms with Crippen LogP contribution in [0.5, 0.6) is 0 Å². The van der Waals surface area contributed by atoms with Gasteiger partial charge in [-0.15, -0.1) is 0 Å². The fourth-order valence-corrected chi connectivity index (χ4v) is 1.59. The molecule has 0 aliphatic carbocycles. The number of halogens is 1. The van der Waals surface area contributed by atoms with Crippen molar-refractivity contribution in [2.24, 2.45) is 0 Å². The number of rotatable bonds is 4. The van der Waals surface area contributed by atoms with Crippen LogP contribution < -0.4 is 11.1 Å². The van der Waals surface area contributed by atoms with Gasteiger partial charge in [0.05, 0.1) is 23.5 Å². The van der Waals surface area contributed by atoms with Crippen LogP contribution in [0, 0.1) is 0 Å². The van der Waals surface area contributed by atoms with E-state index in [1.165, 1.54) is 0 Å².